The monoisotopic (exact) mass is 271 g/mol. The Labute approximate surface area is 116 Å². The van der Waals surface area contributed by atoms with E-state index in [2.05, 4.69) is 5.10 Å². The quantitative estimate of drug-likeness (QED) is 0.792. The molecule has 1 heterocycles. The van der Waals surface area contributed by atoms with Gasteiger partial charge in [0.05, 0.1) is 6.54 Å². The van der Waals surface area contributed by atoms with Crippen molar-refractivity contribution in [2.75, 3.05) is 0 Å². The number of aryl methyl sites for hydroxylation is 3. The Morgan fingerprint density at radius 1 is 1.25 bits per heavy atom. The van der Waals surface area contributed by atoms with Crippen LogP contribution < -0.4 is 5.69 Å². The van der Waals surface area contributed by atoms with Crippen molar-refractivity contribution in [2.24, 2.45) is 7.05 Å². The summed E-state index contributed by atoms with van der Waals surface area (Å²) < 4.78 is 2.56. The van der Waals surface area contributed by atoms with Crippen LogP contribution in [0.5, 0.6) is 0 Å². The predicted octanol–water partition coefficient (Wildman–Crippen LogP) is 1.34. The van der Waals surface area contributed by atoms with Crippen LogP contribution in [-0.4, -0.2) is 20.1 Å². The van der Waals surface area contributed by atoms with Gasteiger partial charge in [-0.05, 0) is 42.9 Å². The number of rotatable bonds is 3. The molecule has 1 aromatic carbocycles. The van der Waals surface area contributed by atoms with E-state index in [-0.39, 0.29) is 18.0 Å². The molecule has 0 N–H and O–H groups in total. The van der Waals surface area contributed by atoms with Crippen molar-refractivity contribution < 1.29 is 4.79 Å². The zero-order valence-corrected chi connectivity index (χ0v) is 11.5. The van der Waals surface area contributed by atoms with E-state index in [0.29, 0.717) is 5.56 Å². The number of carbonyl (C=O) groups is 1. The Morgan fingerprint density at radius 2 is 2.00 bits per heavy atom. The molecule has 0 unspecified atom stereocenters. The molecule has 5 heteroatoms. The van der Waals surface area contributed by atoms with Crippen LogP contribution >= 0.6 is 0 Å². The van der Waals surface area contributed by atoms with Crippen molar-refractivity contribution in [3.8, 4) is 0 Å². The van der Waals surface area contributed by atoms with Crippen LogP contribution in [0.1, 0.15) is 34.3 Å². The molecule has 20 heavy (non-hydrogen) atoms. The number of hydrogen-bond donors (Lipinski definition) is 0. The van der Waals surface area contributed by atoms with Crippen molar-refractivity contribution in [3.63, 3.8) is 0 Å². The molecule has 2 aromatic rings. The molecule has 104 valence electrons. The summed E-state index contributed by atoms with van der Waals surface area (Å²) in [6.45, 7) is 0.0471. The second kappa shape index (κ2) is 5.07. The van der Waals surface area contributed by atoms with Crippen LogP contribution in [0.15, 0.2) is 29.3 Å². The Bertz CT molecular complexity index is 712. The van der Waals surface area contributed by atoms with Crippen molar-refractivity contribution in [1.29, 1.82) is 0 Å². The lowest BCUT2D eigenvalue weighted by Crippen LogP contribution is -2.25. The van der Waals surface area contributed by atoms with E-state index in [1.54, 1.807) is 7.05 Å². The topological polar surface area (TPSA) is 56.9 Å². The van der Waals surface area contributed by atoms with Crippen molar-refractivity contribution in [2.45, 2.75) is 32.2 Å². The van der Waals surface area contributed by atoms with Gasteiger partial charge in [0.15, 0.2) is 5.78 Å². The van der Waals surface area contributed by atoms with Gasteiger partial charge in [0.25, 0.3) is 0 Å². The van der Waals surface area contributed by atoms with E-state index >= 15 is 0 Å². The molecule has 1 aliphatic rings. The summed E-state index contributed by atoms with van der Waals surface area (Å²) in [5, 5.41) is 3.85. The van der Waals surface area contributed by atoms with Gasteiger partial charge in [-0.1, -0.05) is 12.1 Å². The van der Waals surface area contributed by atoms with Gasteiger partial charge in [0.1, 0.15) is 6.33 Å². The molecular weight excluding hydrogens is 254 g/mol. The predicted molar refractivity (Wildman–Crippen MR) is 74.9 cm³/mol. The number of carbonyl (C=O) groups excluding carboxylic acids is 1. The molecule has 3 rings (SSSR count). The van der Waals surface area contributed by atoms with Crippen LogP contribution in [-0.2, 0) is 26.4 Å². The fraction of sp³-hybridized carbons (Fsp3) is 0.400. The first-order valence-electron chi connectivity index (χ1n) is 6.88. The highest BCUT2D eigenvalue weighted by Gasteiger charge is 2.14. The van der Waals surface area contributed by atoms with Crippen LogP contribution in [0.4, 0.5) is 0 Å². The molecule has 0 radical (unpaired) electrons. The number of Topliss-reactive ketones (excluding diaryl/α,β-unsaturated/α-hetero) is 1. The Hall–Kier alpha value is -2.17. The molecule has 0 fully saturated rings. The molecule has 0 saturated carbocycles. The number of hydrogen-bond acceptors (Lipinski definition) is 3. The Balaban J connectivity index is 1.84. The van der Waals surface area contributed by atoms with E-state index in [1.807, 2.05) is 18.2 Å². The lowest BCUT2D eigenvalue weighted by Gasteiger charge is -2.16. The first-order valence-corrected chi connectivity index (χ1v) is 6.88. The normalized spacial score (nSPS) is 14.1. The molecule has 0 aliphatic heterocycles. The average molecular weight is 271 g/mol. The lowest BCUT2D eigenvalue weighted by atomic mass is 9.90. The lowest BCUT2D eigenvalue weighted by molar-refractivity contribution is 0.0970. The fourth-order valence-electron chi connectivity index (χ4n) is 2.69. The van der Waals surface area contributed by atoms with Crippen molar-refractivity contribution >= 4 is 5.78 Å². The number of nitrogens with zero attached hydrogens (tertiary/aromatic N) is 3. The molecule has 0 bridgehead atoms. The third-order valence-electron chi connectivity index (χ3n) is 3.87. The van der Waals surface area contributed by atoms with Gasteiger partial charge in [-0.15, -0.1) is 0 Å². The van der Waals surface area contributed by atoms with Gasteiger partial charge in [-0.2, -0.15) is 5.10 Å². The summed E-state index contributed by atoms with van der Waals surface area (Å²) in [5.74, 6) is -0.0477. The van der Waals surface area contributed by atoms with E-state index in [9.17, 15) is 9.59 Å². The van der Waals surface area contributed by atoms with E-state index in [0.717, 1.165) is 12.8 Å². The Kier molecular flexibility index (Phi) is 3.26. The average Bonchev–Trinajstić information content (AvgIpc) is 2.78. The second-order valence-corrected chi connectivity index (χ2v) is 5.28. The number of fused-ring (bicyclic) bond motifs is 1. The van der Waals surface area contributed by atoms with Gasteiger partial charge >= 0.3 is 5.69 Å². The molecule has 0 amide bonds. The highest BCUT2D eigenvalue weighted by Crippen LogP contribution is 2.22. The van der Waals surface area contributed by atoms with Gasteiger partial charge in [0.2, 0.25) is 0 Å². The standard InChI is InChI=1S/C15H17N3O2/c1-17-15(20)18(10-16-17)9-14(19)13-7-6-11-4-2-3-5-12(11)8-13/h6-8,10H,2-5,9H2,1H3. The van der Waals surface area contributed by atoms with E-state index in [1.165, 1.54) is 39.5 Å². The van der Waals surface area contributed by atoms with Crippen LogP contribution in [0.2, 0.25) is 0 Å². The maximum Gasteiger partial charge on any atom is 0.345 e. The minimum absolute atomic E-state index is 0.0471. The van der Waals surface area contributed by atoms with Crippen LogP contribution in [0.25, 0.3) is 0 Å². The van der Waals surface area contributed by atoms with Crippen LogP contribution in [0, 0.1) is 0 Å². The smallest absolute Gasteiger partial charge is 0.292 e. The molecule has 0 spiro atoms. The van der Waals surface area contributed by atoms with E-state index in [4.69, 9.17) is 0 Å². The van der Waals surface area contributed by atoms with Gasteiger partial charge < -0.3 is 0 Å². The SMILES string of the molecule is Cn1ncn(CC(=O)c2ccc3c(c2)CCCC3)c1=O. The first kappa shape index (κ1) is 12.8. The molecular formula is C15H17N3O2. The fourth-order valence-corrected chi connectivity index (χ4v) is 2.69. The maximum absolute atomic E-state index is 12.3. The molecule has 0 atom stereocenters. The highest BCUT2D eigenvalue weighted by atomic mass is 16.2. The zero-order valence-electron chi connectivity index (χ0n) is 11.5. The van der Waals surface area contributed by atoms with Gasteiger partial charge in [-0.25, -0.2) is 9.48 Å². The molecule has 1 aliphatic carbocycles. The Morgan fingerprint density at radius 3 is 2.70 bits per heavy atom. The highest BCUT2D eigenvalue weighted by molar-refractivity contribution is 5.96. The summed E-state index contributed by atoms with van der Waals surface area (Å²) in [5.41, 5.74) is 3.05. The minimum Gasteiger partial charge on any atom is -0.292 e. The van der Waals surface area contributed by atoms with Gasteiger partial charge in [-0.3, -0.25) is 9.36 Å². The van der Waals surface area contributed by atoms with Gasteiger partial charge in [0, 0.05) is 12.6 Å². The van der Waals surface area contributed by atoms with Crippen molar-refractivity contribution in [1.82, 2.24) is 14.3 Å². The summed E-state index contributed by atoms with van der Waals surface area (Å²) >= 11 is 0. The molecule has 5 nitrogen and oxygen atoms in total. The van der Waals surface area contributed by atoms with Crippen LogP contribution in [0.3, 0.4) is 0 Å². The molecule has 1 aromatic heterocycles. The first-order chi connectivity index (χ1) is 9.65. The third-order valence-corrected chi connectivity index (χ3v) is 3.87. The summed E-state index contributed by atoms with van der Waals surface area (Å²) in [4.78, 5) is 23.9. The zero-order chi connectivity index (χ0) is 14.1. The minimum atomic E-state index is -0.267. The number of benzene rings is 1. The summed E-state index contributed by atoms with van der Waals surface area (Å²) in [7, 11) is 1.57. The number of aromatic nitrogens is 3. The largest absolute Gasteiger partial charge is 0.345 e. The molecule has 0 saturated heterocycles. The van der Waals surface area contributed by atoms with E-state index < -0.39 is 0 Å². The summed E-state index contributed by atoms with van der Waals surface area (Å²) in [6, 6.07) is 5.90. The third kappa shape index (κ3) is 2.31. The summed E-state index contributed by atoms with van der Waals surface area (Å²) in [6.07, 6.45) is 5.96. The maximum atomic E-state index is 12.3. The van der Waals surface area contributed by atoms with Crippen molar-refractivity contribution in [3.05, 3.63) is 51.7 Å². The number of ketones is 1. The second-order valence-electron chi connectivity index (χ2n) is 5.28.